The normalized spacial score (nSPS) is 15.0. The van der Waals surface area contributed by atoms with E-state index in [1.165, 1.54) is 0 Å². The summed E-state index contributed by atoms with van der Waals surface area (Å²) < 4.78 is 5.95. The zero-order chi connectivity index (χ0) is 15.4. The third-order valence-corrected chi connectivity index (χ3v) is 3.98. The van der Waals surface area contributed by atoms with Crippen molar-refractivity contribution in [3.8, 4) is 0 Å². The maximum Gasteiger partial charge on any atom is 0.409 e. The Morgan fingerprint density at radius 3 is 2.48 bits per heavy atom. The number of Topliss-reactive ketones (excluding diaryl/α,β-unsaturated/α-hetero) is 1. The number of ketones is 1. The number of piperazine rings is 1. The largest absolute Gasteiger partial charge is 0.450 e. The molecule has 0 saturated carbocycles. The lowest BCUT2D eigenvalue weighted by atomic mass is 10.1. The molecule has 5 nitrogen and oxygen atoms in total. The van der Waals surface area contributed by atoms with Crippen LogP contribution in [-0.4, -0.2) is 49.6 Å². The van der Waals surface area contributed by atoms with Crippen molar-refractivity contribution in [1.82, 2.24) is 4.90 Å². The smallest absolute Gasteiger partial charge is 0.409 e. The molecular weight excluding hydrogens is 336 g/mol. The molecule has 1 aromatic rings. The Balaban J connectivity index is 2.10. The fourth-order valence-electron chi connectivity index (χ4n) is 2.41. The van der Waals surface area contributed by atoms with Crippen LogP contribution in [0.4, 0.5) is 10.5 Å². The standard InChI is InChI=1S/C15H19BrN2O3/c1-3-21-15(20)18-8-6-17(7-9-18)14-10-12(16)4-5-13(14)11(2)19/h4-5,10H,3,6-9H2,1-2H3. The molecule has 0 unspecified atom stereocenters. The first-order valence-corrected chi connectivity index (χ1v) is 7.79. The number of ether oxygens (including phenoxy) is 1. The zero-order valence-electron chi connectivity index (χ0n) is 12.3. The monoisotopic (exact) mass is 354 g/mol. The number of carbonyl (C=O) groups excluding carboxylic acids is 2. The minimum absolute atomic E-state index is 0.0466. The second-order valence-electron chi connectivity index (χ2n) is 4.89. The van der Waals surface area contributed by atoms with Gasteiger partial charge in [0.25, 0.3) is 0 Å². The van der Waals surface area contributed by atoms with E-state index >= 15 is 0 Å². The summed E-state index contributed by atoms with van der Waals surface area (Å²) in [6.45, 7) is 6.34. The van der Waals surface area contributed by atoms with Gasteiger partial charge in [-0.25, -0.2) is 4.79 Å². The SMILES string of the molecule is CCOC(=O)N1CCN(c2cc(Br)ccc2C(C)=O)CC1. The van der Waals surface area contributed by atoms with Gasteiger partial charge in [-0.1, -0.05) is 15.9 Å². The second-order valence-corrected chi connectivity index (χ2v) is 5.81. The number of nitrogens with zero attached hydrogens (tertiary/aromatic N) is 2. The summed E-state index contributed by atoms with van der Waals surface area (Å²) in [6, 6.07) is 5.66. The molecule has 2 rings (SSSR count). The van der Waals surface area contributed by atoms with Crippen LogP contribution in [0.15, 0.2) is 22.7 Å². The molecule has 1 saturated heterocycles. The second kappa shape index (κ2) is 6.93. The van der Waals surface area contributed by atoms with Crippen LogP contribution in [0.25, 0.3) is 0 Å². The number of amides is 1. The van der Waals surface area contributed by atoms with E-state index in [0.29, 0.717) is 38.3 Å². The molecule has 0 atom stereocenters. The first-order chi connectivity index (χ1) is 10.0. The van der Waals surface area contributed by atoms with E-state index < -0.39 is 0 Å². The Labute approximate surface area is 133 Å². The molecule has 0 aromatic heterocycles. The van der Waals surface area contributed by atoms with Crippen LogP contribution < -0.4 is 4.90 Å². The van der Waals surface area contributed by atoms with Gasteiger partial charge in [0.2, 0.25) is 0 Å². The van der Waals surface area contributed by atoms with Crippen molar-refractivity contribution < 1.29 is 14.3 Å². The Bertz CT molecular complexity index is 540. The highest BCUT2D eigenvalue weighted by atomic mass is 79.9. The topological polar surface area (TPSA) is 49.9 Å². The third kappa shape index (κ3) is 3.75. The molecule has 0 radical (unpaired) electrons. The average molecular weight is 355 g/mol. The average Bonchev–Trinajstić information content (AvgIpc) is 2.47. The summed E-state index contributed by atoms with van der Waals surface area (Å²) in [5.41, 5.74) is 1.63. The van der Waals surface area contributed by atoms with Crippen LogP contribution in [-0.2, 0) is 4.74 Å². The summed E-state index contributed by atoms with van der Waals surface area (Å²) >= 11 is 3.45. The number of benzene rings is 1. The van der Waals surface area contributed by atoms with E-state index in [-0.39, 0.29) is 11.9 Å². The Kier molecular flexibility index (Phi) is 5.22. The van der Waals surface area contributed by atoms with Crippen molar-refractivity contribution in [1.29, 1.82) is 0 Å². The number of anilines is 1. The molecule has 0 spiro atoms. The van der Waals surface area contributed by atoms with Crippen LogP contribution in [0, 0.1) is 0 Å². The maximum atomic E-state index is 11.8. The summed E-state index contributed by atoms with van der Waals surface area (Å²) in [7, 11) is 0. The highest BCUT2D eigenvalue weighted by molar-refractivity contribution is 9.10. The van der Waals surface area contributed by atoms with Gasteiger partial charge in [0.05, 0.1) is 6.61 Å². The molecule has 1 fully saturated rings. The summed E-state index contributed by atoms with van der Waals surface area (Å²) in [5.74, 6) is 0.0466. The Morgan fingerprint density at radius 2 is 1.90 bits per heavy atom. The lowest BCUT2D eigenvalue weighted by Gasteiger charge is -2.36. The number of hydrogen-bond acceptors (Lipinski definition) is 4. The molecule has 1 aliphatic rings. The Hall–Kier alpha value is -1.56. The molecule has 21 heavy (non-hydrogen) atoms. The summed E-state index contributed by atoms with van der Waals surface area (Å²) in [4.78, 5) is 27.3. The molecule has 1 aromatic carbocycles. The minimum Gasteiger partial charge on any atom is -0.450 e. The van der Waals surface area contributed by atoms with Crippen molar-refractivity contribution in [2.45, 2.75) is 13.8 Å². The highest BCUT2D eigenvalue weighted by Crippen LogP contribution is 2.26. The van der Waals surface area contributed by atoms with Gasteiger partial charge in [0.1, 0.15) is 0 Å². The molecule has 1 heterocycles. The number of carbonyl (C=O) groups is 2. The number of rotatable bonds is 3. The molecular formula is C15H19BrN2O3. The van der Waals surface area contributed by atoms with E-state index in [1.54, 1.807) is 18.7 Å². The third-order valence-electron chi connectivity index (χ3n) is 3.49. The van der Waals surface area contributed by atoms with E-state index in [0.717, 1.165) is 10.2 Å². The van der Waals surface area contributed by atoms with Crippen molar-refractivity contribution in [3.05, 3.63) is 28.2 Å². The lowest BCUT2D eigenvalue weighted by molar-refractivity contribution is 0.101. The van der Waals surface area contributed by atoms with E-state index in [1.807, 2.05) is 18.2 Å². The van der Waals surface area contributed by atoms with Crippen molar-refractivity contribution in [2.75, 3.05) is 37.7 Å². The first kappa shape index (κ1) is 15.8. The Morgan fingerprint density at radius 1 is 1.24 bits per heavy atom. The van der Waals surface area contributed by atoms with Gasteiger partial charge >= 0.3 is 6.09 Å². The van der Waals surface area contributed by atoms with Gasteiger partial charge in [-0.15, -0.1) is 0 Å². The molecule has 114 valence electrons. The molecule has 1 aliphatic heterocycles. The number of halogens is 1. The van der Waals surface area contributed by atoms with Crippen molar-refractivity contribution in [3.63, 3.8) is 0 Å². The zero-order valence-corrected chi connectivity index (χ0v) is 13.9. The predicted octanol–water partition coefficient (Wildman–Crippen LogP) is 2.93. The first-order valence-electron chi connectivity index (χ1n) is 7.00. The van der Waals surface area contributed by atoms with E-state index in [9.17, 15) is 9.59 Å². The van der Waals surface area contributed by atoms with E-state index in [2.05, 4.69) is 20.8 Å². The van der Waals surface area contributed by atoms with Gasteiger partial charge < -0.3 is 14.5 Å². The number of hydrogen-bond donors (Lipinski definition) is 0. The van der Waals surface area contributed by atoms with Gasteiger partial charge in [-0.2, -0.15) is 0 Å². The van der Waals surface area contributed by atoms with Gasteiger partial charge in [0, 0.05) is 41.9 Å². The fourth-order valence-corrected chi connectivity index (χ4v) is 2.76. The summed E-state index contributed by atoms with van der Waals surface area (Å²) in [5, 5.41) is 0. The predicted molar refractivity (Wildman–Crippen MR) is 85.0 cm³/mol. The lowest BCUT2D eigenvalue weighted by Crippen LogP contribution is -2.49. The van der Waals surface area contributed by atoms with Crippen molar-refractivity contribution in [2.24, 2.45) is 0 Å². The molecule has 6 heteroatoms. The van der Waals surface area contributed by atoms with Crippen LogP contribution in [0.1, 0.15) is 24.2 Å². The maximum absolute atomic E-state index is 11.8. The molecule has 0 bridgehead atoms. The summed E-state index contributed by atoms with van der Waals surface area (Å²) in [6.07, 6.45) is -0.266. The van der Waals surface area contributed by atoms with Crippen LogP contribution >= 0.6 is 15.9 Å². The quantitative estimate of drug-likeness (QED) is 0.783. The van der Waals surface area contributed by atoms with Gasteiger partial charge in [0.15, 0.2) is 5.78 Å². The molecule has 0 N–H and O–H groups in total. The minimum atomic E-state index is -0.266. The highest BCUT2D eigenvalue weighted by Gasteiger charge is 2.24. The van der Waals surface area contributed by atoms with Crippen LogP contribution in [0.2, 0.25) is 0 Å². The van der Waals surface area contributed by atoms with Gasteiger partial charge in [-0.05, 0) is 32.0 Å². The van der Waals surface area contributed by atoms with Crippen LogP contribution in [0.3, 0.4) is 0 Å². The van der Waals surface area contributed by atoms with Crippen molar-refractivity contribution >= 4 is 33.5 Å². The van der Waals surface area contributed by atoms with Crippen LogP contribution in [0.5, 0.6) is 0 Å². The molecule has 0 aliphatic carbocycles. The van der Waals surface area contributed by atoms with E-state index in [4.69, 9.17) is 4.74 Å². The molecule has 1 amide bonds. The fraction of sp³-hybridized carbons (Fsp3) is 0.467. The van der Waals surface area contributed by atoms with Gasteiger partial charge in [-0.3, -0.25) is 4.79 Å².